The highest BCUT2D eigenvalue weighted by molar-refractivity contribution is 6.14. The monoisotopic (exact) mass is 530 g/mol. The van der Waals surface area contributed by atoms with E-state index < -0.39 is 52.2 Å². The van der Waals surface area contributed by atoms with Gasteiger partial charge in [-0.05, 0) is 37.1 Å². The summed E-state index contributed by atoms with van der Waals surface area (Å²) in [7, 11) is 0. The highest BCUT2D eigenvalue weighted by atomic mass is 19.4. The SMILES string of the molecule is Cc1cc(C(F)(C(F)(F)F)C(F)(F)F)cc(C)c1NC(=O)c1ccc(N)c(C(=O)c2ccccc2)c1F. The average Bonchev–Trinajstić information content (AvgIpc) is 2.79. The number of amides is 1. The van der Waals surface area contributed by atoms with E-state index >= 15 is 4.39 Å². The van der Waals surface area contributed by atoms with Crippen LogP contribution in [0.4, 0.5) is 46.5 Å². The van der Waals surface area contributed by atoms with E-state index in [1.165, 1.54) is 24.3 Å². The highest BCUT2D eigenvalue weighted by Gasteiger charge is 2.73. The summed E-state index contributed by atoms with van der Waals surface area (Å²) in [5, 5.41) is 2.20. The standard InChI is InChI=1S/C25H18F8N2O2/c1-12-10-15(23(27,24(28,29)30)25(31,32)33)11-13(2)20(12)35-22(37)16-8-9-17(34)18(19(16)26)21(36)14-6-4-3-5-7-14/h3-11H,34H2,1-2H3,(H,35,37). The molecule has 12 heteroatoms. The number of ketones is 1. The number of nitrogens with one attached hydrogen (secondary N) is 1. The number of nitrogen functional groups attached to an aromatic ring is 1. The van der Waals surface area contributed by atoms with Crippen molar-refractivity contribution in [3.63, 3.8) is 0 Å². The molecule has 3 aromatic carbocycles. The van der Waals surface area contributed by atoms with E-state index in [-0.39, 0.29) is 28.1 Å². The van der Waals surface area contributed by atoms with E-state index in [0.717, 1.165) is 26.0 Å². The van der Waals surface area contributed by atoms with Gasteiger partial charge in [-0.3, -0.25) is 9.59 Å². The number of nitrogens with two attached hydrogens (primary N) is 1. The van der Waals surface area contributed by atoms with Crippen LogP contribution in [0.2, 0.25) is 0 Å². The van der Waals surface area contributed by atoms with E-state index in [1.54, 1.807) is 6.07 Å². The molecule has 0 atom stereocenters. The summed E-state index contributed by atoms with van der Waals surface area (Å²) in [4.78, 5) is 25.6. The second-order valence-electron chi connectivity index (χ2n) is 8.18. The fourth-order valence-electron chi connectivity index (χ4n) is 3.76. The lowest BCUT2D eigenvalue weighted by Gasteiger charge is -2.31. The van der Waals surface area contributed by atoms with Gasteiger partial charge in [-0.2, -0.15) is 26.3 Å². The molecule has 0 aliphatic carbocycles. The van der Waals surface area contributed by atoms with Crippen LogP contribution in [0.5, 0.6) is 0 Å². The number of hydrogen-bond acceptors (Lipinski definition) is 3. The van der Waals surface area contributed by atoms with Crippen molar-refractivity contribution in [2.24, 2.45) is 0 Å². The van der Waals surface area contributed by atoms with Gasteiger partial charge in [0.25, 0.3) is 5.91 Å². The van der Waals surface area contributed by atoms with Crippen LogP contribution in [0.3, 0.4) is 0 Å². The Kier molecular flexibility index (Phi) is 7.08. The zero-order valence-electron chi connectivity index (χ0n) is 19.1. The molecule has 0 unspecified atom stereocenters. The van der Waals surface area contributed by atoms with E-state index in [9.17, 15) is 40.3 Å². The molecule has 0 radical (unpaired) electrons. The van der Waals surface area contributed by atoms with Crippen molar-refractivity contribution in [1.29, 1.82) is 0 Å². The third-order valence-electron chi connectivity index (χ3n) is 5.63. The van der Waals surface area contributed by atoms with E-state index in [2.05, 4.69) is 5.32 Å². The first-order valence-corrected chi connectivity index (χ1v) is 10.4. The molecular weight excluding hydrogens is 512 g/mol. The van der Waals surface area contributed by atoms with Gasteiger partial charge in [0.1, 0.15) is 5.82 Å². The molecule has 0 bridgehead atoms. The van der Waals surface area contributed by atoms with Crippen LogP contribution in [-0.2, 0) is 5.67 Å². The Morgan fingerprint density at radius 1 is 0.811 bits per heavy atom. The summed E-state index contributed by atoms with van der Waals surface area (Å²) < 4.78 is 109. The molecule has 0 saturated carbocycles. The van der Waals surface area contributed by atoms with Crippen molar-refractivity contribution in [2.45, 2.75) is 31.9 Å². The molecule has 0 saturated heterocycles. The largest absolute Gasteiger partial charge is 0.435 e. The lowest BCUT2D eigenvalue weighted by atomic mass is 9.90. The molecule has 0 aliphatic rings. The Hall–Kier alpha value is -3.96. The lowest BCUT2D eigenvalue weighted by Crippen LogP contribution is -2.50. The van der Waals surface area contributed by atoms with Crippen LogP contribution in [0.25, 0.3) is 0 Å². The quantitative estimate of drug-likeness (QED) is 0.217. The molecule has 37 heavy (non-hydrogen) atoms. The molecule has 0 aliphatic heterocycles. The maximum absolute atomic E-state index is 15.2. The van der Waals surface area contributed by atoms with E-state index in [4.69, 9.17) is 5.73 Å². The van der Waals surface area contributed by atoms with Crippen molar-refractivity contribution in [2.75, 3.05) is 11.1 Å². The van der Waals surface area contributed by atoms with Crippen LogP contribution < -0.4 is 11.1 Å². The van der Waals surface area contributed by atoms with Gasteiger partial charge in [0.05, 0.1) is 11.1 Å². The number of carbonyl (C=O) groups is 2. The highest BCUT2D eigenvalue weighted by Crippen LogP contribution is 2.53. The second kappa shape index (κ2) is 9.49. The van der Waals surface area contributed by atoms with Crippen molar-refractivity contribution < 1.29 is 44.7 Å². The molecular formula is C25H18F8N2O2. The van der Waals surface area contributed by atoms with Crippen LogP contribution in [0.1, 0.15) is 43.0 Å². The Bertz CT molecular complexity index is 1330. The van der Waals surface area contributed by atoms with Crippen molar-refractivity contribution in [3.05, 3.63) is 93.8 Å². The predicted molar refractivity (Wildman–Crippen MR) is 119 cm³/mol. The number of halogens is 8. The minimum Gasteiger partial charge on any atom is -0.398 e. The van der Waals surface area contributed by atoms with Crippen molar-refractivity contribution >= 4 is 23.1 Å². The van der Waals surface area contributed by atoms with Gasteiger partial charge in [0.15, 0.2) is 5.78 Å². The van der Waals surface area contributed by atoms with Gasteiger partial charge in [-0.25, -0.2) is 8.78 Å². The summed E-state index contributed by atoms with van der Waals surface area (Å²) in [5.41, 5.74) is -4.06. The van der Waals surface area contributed by atoms with Gasteiger partial charge in [0.2, 0.25) is 0 Å². The molecule has 0 aromatic heterocycles. The summed E-state index contributed by atoms with van der Waals surface area (Å²) in [6.45, 7) is 2.09. The molecule has 0 fully saturated rings. The van der Waals surface area contributed by atoms with Crippen molar-refractivity contribution in [3.8, 4) is 0 Å². The predicted octanol–water partition coefficient (Wildman–Crippen LogP) is 6.80. The minimum absolute atomic E-state index is 0.0805. The van der Waals surface area contributed by atoms with Gasteiger partial charge < -0.3 is 11.1 Å². The fourth-order valence-corrected chi connectivity index (χ4v) is 3.76. The summed E-state index contributed by atoms with van der Waals surface area (Å²) in [6.07, 6.45) is -12.6. The summed E-state index contributed by atoms with van der Waals surface area (Å²) in [5.74, 6) is -3.27. The van der Waals surface area contributed by atoms with Gasteiger partial charge in [-0.15, -0.1) is 0 Å². The minimum atomic E-state index is -6.32. The molecule has 3 rings (SSSR count). The normalized spacial score (nSPS) is 12.4. The first-order valence-electron chi connectivity index (χ1n) is 10.4. The number of alkyl halides is 7. The second-order valence-corrected chi connectivity index (χ2v) is 8.18. The van der Waals surface area contributed by atoms with Gasteiger partial charge in [-0.1, -0.05) is 42.5 Å². The molecule has 0 spiro atoms. The lowest BCUT2D eigenvalue weighted by molar-refractivity contribution is -0.348. The van der Waals surface area contributed by atoms with Crippen LogP contribution in [-0.4, -0.2) is 24.0 Å². The maximum atomic E-state index is 15.2. The topological polar surface area (TPSA) is 72.2 Å². The zero-order valence-corrected chi connectivity index (χ0v) is 19.1. The maximum Gasteiger partial charge on any atom is 0.435 e. The number of rotatable bonds is 5. The summed E-state index contributed by atoms with van der Waals surface area (Å²) in [6, 6.07) is 10.1. The molecule has 1 amide bonds. The number of aryl methyl sites for hydroxylation is 2. The number of benzene rings is 3. The van der Waals surface area contributed by atoms with E-state index in [0.29, 0.717) is 12.1 Å². The van der Waals surface area contributed by atoms with Crippen LogP contribution in [0.15, 0.2) is 54.6 Å². The molecule has 4 nitrogen and oxygen atoms in total. The molecule has 0 heterocycles. The van der Waals surface area contributed by atoms with Crippen molar-refractivity contribution in [1.82, 2.24) is 0 Å². The smallest absolute Gasteiger partial charge is 0.398 e. The van der Waals surface area contributed by atoms with Gasteiger partial charge in [0, 0.05) is 22.5 Å². The Morgan fingerprint density at radius 2 is 1.32 bits per heavy atom. The summed E-state index contributed by atoms with van der Waals surface area (Å²) >= 11 is 0. The number of carbonyl (C=O) groups excluding carboxylic acids is 2. The van der Waals surface area contributed by atoms with Crippen LogP contribution in [0, 0.1) is 19.7 Å². The average molecular weight is 530 g/mol. The molecule has 3 N–H and O–H groups in total. The van der Waals surface area contributed by atoms with E-state index in [1.807, 2.05) is 0 Å². The Labute approximate surface area is 205 Å². The molecule has 196 valence electrons. The third-order valence-corrected chi connectivity index (χ3v) is 5.63. The first kappa shape index (κ1) is 27.6. The number of hydrogen-bond donors (Lipinski definition) is 2. The Morgan fingerprint density at radius 3 is 1.81 bits per heavy atom. The van der Waals surface area contributed by atoms with Crippen LogP contribution >= 0.6 is 0 Å². The Balaban J connectivity index is 2.02. The fraction of sp³-hybridized carbons (Fsp3) is 0.200. The molecule has 3 aromatic rings. The van der Waals surface area contributed by atoms with Gasteiger partial charge >= 0.3 is 18.0 Å². The first-order chi connectivity index (χ1) is 17.0. The third kappa shape index (κ3) is 4.87. The zero-order chi connectivity index (χ0) is 27.9. The number of anilines is 2.